The number of aromatic nitrogens is 1. The molecule has 1 aliphatic carbocycles. The third-order valence-electron chi connectivity index (χ3n) is 4.92. The van der Waals surface area contributed by atoms with Gasteiger partial charge in [0.05, 0.1) is 13.2 Å². The average molecular weight is 259 g/mol. The number of fused-ring (bicyclic) bond motifs is 1. The first-order valence-electron chi connectivity index (χ1n) is 6.75. The number of aliphatic hydroxyl groups excluding tert-OH is 1. The molecule has 0 spiro atoms. The highest BCUT2D eigenvalue weighted by atomic mass is 16.5. The van der Waals surface area contributed by atoms with Gasteiger partial charge in [0.15, 0.2) is 11.5 Å². The molecule has 0 bridgehead atoms. The monoisotopic (exact) mass is 259 g/mol. The van der Waals surface area contributed by atoms with E-state index in [1.54, 1.807) is 0 Å². The Hall–Kier alpha value is -1.39. The molecule has 2 fully saturated rings. The highest BCUT2D eigenvalue weighted by Gasteiger charge is 2.63. The lowest BCUT2D eigenvalue weighted by atomic mass is 9.66. The number of aliphatic hydroxyl groups is 1. The summed E-state index contributed by atoms with van der Waals surface area (Å²) in [5, 5.41) is 9.74. The van der Waals surface area contributed by atoms with Crippen molar-refractivity contribution in [1.82, 2.24) is 4.98 Å². The fraction of sp³-hybridized carbons (Fsp3) is 0.533. The average Bonchev–Trinajstić information content (AvgIpc) is 3.04. The third kappa shape index (κ3) is 1.38. The SMILES string of the molecule is Cc1nc2ccc(C3(C4(CO)CC4)COC3)cc2o1. The Morgan fingerprint density at radius 3 is 2.68 bits per heavy atom. The molecule has 0 amide bonds. The molecule has 1 saturated carbocycles. The number of oxazole rings is 1. The van der Waals surface area contributed by atoms with Crippen LogP contribution in [0.5, 0.6) is 0 Å². The van der Waals surface area contributed by atoms with E-state index < -0.39 is 0 Å². The number of hydrogen-bond donors (Lipinski definition) is 1. The zero-order chi connectivity index (χ0) is 13.1. The van der Waals surface area contributed by atoms with Gasteiger partial charge in [-0.05, 0) is 30.5 Å². The lowest BCUT2D eigenvalue weighted by Gasteiger charge is -2.48. The molecule has 1 saturated heterocycles. The number of rotatable bonds is 3. The van der Waals surface area contributed by atoms with E-state index in [1.165, 1.54) is 5.56 Å². The maximum absolute atomic E-state index is 9.74. The molecule has 2 aromatic rings. The summed E-state index contributed by atoms with van der Waals surface area (Å²) in [5.74, 6) is 0.689. The second-order valence-electron chi connectivity index (χ2n) is 5.93. The van der Waals surface area contributed by atoms with Crippen molar-refractivity contribution in [2.75, 3.05) is 19.8 Å². The maximum atomic E-state index is 9.74. The summed E-state index contributed by atoms with van der Waals surface area (Å²) in [5.41, 5.74) is 2.93. The van der Waals surface area contributed by atoms with Crippen LogP contribution in [0.4, 0.5) is 0 Å². The molecular weight excluding hydrogens is 242 g/mol. The number of ether oxygens (including phenoxy) is 1. The Bertz CT molecular complexity index is 638. The lowest BCUT2D eigenvalue weighted by molar-refractivity contribution is -0.110. The first kappa shape index (κ1) is 11.4. The fourth-order valence-corrected chi connectivity index (χ4v) is 3.36. The molecule has 0 radical (unpaired) electrons. The Kier molecular flexibility index (Phi) is 2.16. The van der Waals surface area contributed by atoms with E-state index in [-0.39, 0.29) is 17.4 Å². The second-order valence-corrected chi connectivity index (χ2v) is 5.93. The zero-order valence-corrected chi connectivity index (χ0v) is 11.0. The number of benzene rings is 1. The van der Waals surface area contributed by atoms with Gasteiger partial charge in [0.25, 0.3) is 0 Å². The van der Waals surface area contributed by atoms with E-state index in [1.807, 2.05) is 13.0 Å². The van der Waals surface area contributed by atoms with Gasteiger partial charge in [-0.2, -0.15) is 0 Å². The number of aryl methyl sites for hydroxylation is 1. The van der Waals surface area contributed by atoms with Crippen molar-refractivity contribution in [3.05, 3.63) is 29.7 Å². The van der Waals surface area contributed by atoms with Crippen molar-refractivity contribution in [2.45, 2.75) is 25.2 Å². The Balaban J connectivity index is 1.84. The predicted molar refractivity (Wildman–Crippen MR) is 70.0 cm³/mol. The maximum Gasteiger partial charge on any atom is 0.192 e. The molecule has 2 aliphatic rings. The van der Waals surface area contributed by atoms with Crippen molar-refractivity contribution in [3.8, 4) is 0 Å². The summed E-state index contributed by atoms with van der Waals surface area (Å²) in [4.78, 5) is 4.33. The molecule has 0 atom stereocenters. The van der Waals surface area contributed by atoms with E-state index in [0.29, 0.717) is 19.1 Å². The van der Waals surface area contributed by atoms with E-state index in [2.05, 4.69) is 17.1 Å². The normalized spacial score (nSPS) is 23.3. The van der Waals surface area contributed by atoms with Crippen molar-refractivity contribution in [1.29, 1.82) is 0 Å². The predicted octanol–water partition coefficient (Wildman–Crippen LogP) is 2.18. The van der Waals surface area contributed by atoms with E-state index in [9.17, 15) is 5.11 Å². The first-order valence-corrected chi connectivity index (χ1v) is 6.75. The van der Waals surface area contributed by atoms with Gasteiger partial charge in [0.1, 0.15) is 5.52 Å². The third-order valence-corrected chi connectivity index (χ3v) is 4.92. The molecule has 4 rings (SSSR count). The van der Waals surface area contributed by atoms with Crippen molar-refractivity contribution in [2.24, 2.45) is 5.41 Å². The molecular formula is C15H17NO3. The fourth-order valence-electron chi connectivity index (χ4n) is 3.36. The van der Waals surface area contributed by atoms with Crippen LogP contribution in [0.3, 0.4) is 0 Å². The summed E-state index contributed by atoms with van der Waals surface area (Å²) in [6.45, 7) is 3.50. The zero-order valence-electron chi connectivity index (χ0n) is 11.0. The minimum atomic E-state index is -0.0311. The summed E-state index contributed by atoms with van der Waals surface area (Å²) in [6.07, 6.45) is 2.17. The van der Waals surface area contributed by atoms with Gasteiger partial charge in [0, 0.05) is 24.4 Å². The molecule has 0 unspecified atom stereocenters. The minimum absolute atomic E-state index is 0.0218. The van der Waals surface area contributed by atoms with Crippen LogP contribution in [0, 0.1) is 12.3 Å². The van der Waals surface area contributed by atoms with Gasteiger partial charge in [-0.25, -0.2) is 4.98 Å². The molecule has 2 heterocycles. The summed E-state index contributed by atoms with van der Waals surface area (Å²) < 4.78 is 11.1. The van der Waals surface area contributed by atoms with E-state index in [4.69, 9.17) is 9.15 Å². The molecule has 1 aromatic carbocycles. The summed E-state index contributed by atoms with van der Waals surface area (Å²) >= 11 is 0. The highest BCUT2D eigenvalue weighted by Crippen LogP contribution is 2.62. The highest BCUT2D eigenvalue weighted by molar-refractivity contribution is 5.74. The van der Waals surface area contributed by atoms with E-state index >= 15 is 0 Å². The lowest BCUT2D eigenvalue weighted by Crippen LogP contribution is -2.54. The van der Waals surface area contributed by atoms with Crippen LogP contribution in [-0.4, -0.2) is 29.9 Å². The van der Waals surface area contributed by atoms with Gasteiger partial charge in [-0.3, -0.25) is 0 Å². The number of hydrogen-bond acceptors (Lipinski definition) is 4. The molecule has 100 valence electrons. The van der Waals surface area contributed by atoms with Crippen LogP contribution in [0.25, 0.3) is 11.1 Å². The van der Waals surface area contributed by atoms with Crippen LogP contribution in [0.2, 0.25) is 0 Å². The quantitative estimate of drug-likeness (QED) is 0.918. The molecule has 4 nitrogen and oxygen atoms in total. The van der Waals surface area contributed by atoms with Gasteiger partial charge in [-0.15, -0.1) is 0 Å². The molecule has 1 N–H and O–H groups in total. The van der Waals surface area contributed by atoms with Gasteiger partial charge < -0.3 is 14.3 Å². The van der Waals surface area contributed by atoms with Crippen LogP contribution < -0.4 is 0 Å². The molecule has 4 heteroatoms. The largest absolute Gasteiger partial charge is 0.441 e. The van der Waals surface area contributed by atoms with Gasteiger partial charge in [-0.1, -0.05) is 6.07 Å². The topological polar surface area (TPSA) is 55.5 Å². The van der Waals surface area contributed by atoms with Gasteiger partial charge in [0.2, 0.25) is 0 Å². The molecule has 1 aromatic heterocycles. The molecule has 1 aliphatic heterocycles. The first-order chi connectivity index (χ1) is 9.19. The van der Waals surface area contributed by atoms with Crippen molar-refractivity contribution >= 4 is 11.1 Å². The minimum Gasteiger partial charge on any atom is -0.441 e. The summed E-state index contributed by atoms with van der Waals surface area (Å²) in [7, 11) is 0. The van der Waals surface area contributed by atoms with Crippen LogP contribution in [0.1, 0.15) is 24.3 Å². The summed E-state index contributed by atoms with van der Waals surface area (Å²) in [6, 6.07) is 6.20. The Morgan fingerprint density at radius 2 is 2.11 bits per heavy atom. The van der Waals surface area contributed by atoms with Crippen molar-refractivity contribution < 1.29 is 14.3 Å². The van der Waals surface area contributed by atoms with Crippen LogP contribution in [0.15, 0.2) is 22.6 Å². The smallest absolute Gasteiger partial charge is 0.192 e. The number of nitrogens with zero attached hydrogens (tertiary/aromatic N) is 1. The standard InChI is InChI=1S/C15H17NO3/c1-10-16-12-3-2-11(6-13(12)19-10)15(8-18-9-15)14(7-17)4-5-14/h2-3,6,17H,4-5,7-9H2,1H3. The van der Waals surface area contributed by atoms with Crippen LogP contribution in [-0.2, 0) is 10.2 Å². The van der Waals surface area contributed by atoms with Crippen molar-refractivity contribution in [3.63, 3.8) is 0 Å². The van der Waals surface area contributed by atoms with Gasteiger partial charge >= 0.3 is 0 Å². The second kappa shape index (κ2) is 3.58. The van der Waals surface area contributed by atoms with Crippen LogP contribution >= 0.6 is 0 Å². The Morgan fingerprint density at radius 1 is 1.32 bits per heavy atom. The molecule has 19 heavy (non-hydrogen) atoms. The van der Waals surface area contributed by atoms with E-state index in [0.717, 1.165) is 23.9 Å². The Labute approximate surface area is 111 Å².